The SMILES string of the molecule is Cc1nc(-c2ccc(CCNC(=O)C3CCN(C(=O)Nc4ccccc4)CC3)cc2)cs1. The molecule has 7 heteroatoms. The zero-order valence-electron chi connectivity index (χ0n) is 18.2. The Labute approximate surface area is 192 Å². The van der Waals surface area contributed by atoms with Gasteiger partial charge in [-0.2, -0.15) is 0 Å². The highest BCUT2D eigenvalue weighted by Crippen LogP contribution is 2.22. The molecular weight excluding hydrogens is 420 g/mol. The van der Waals surface area contributed by atoms with Gasteiger partial charge in [0.2, 0.25) is 5.91 Å². The average Bonchev–Trinajstić information content (AvgIpc) is 3.26. The number of rotatable bonds is 6. The maximum absolute atomic E-state index is 12.6. The van der Waals surface area contributed by atoms with Crippen molar-refractivity contribution in [2.24, 2.45) is 5.92 Å². The molecule has 3 aromatic rings. The number of hydrogen-bond acceptors (Lipinski definition) is 4. The molecular formula is C25H28N4O2S. The van der Waals surface area contributed by atoms with Crippen molar-refractivity contribution in [2.45, 2.75) is 26.2 Å². The summed E-state index contributed by atoms with van der Waals surface area (Å²) in [5, 5.41) is 9.11. The first kappa shape index (κ1) is 22.0. The number of thiazole rings is 1. The van der Waals surface area contributed by atoms with Crippen LogP contribution in [0.15, 0.2) is 60.0 Å². The molecule has 0 atom stereocenters. The maximum atomic E-state index is 12.6. The van der Waals surface area contributed by atoms with Gasteiger partial charge in [0, 0.05) is 42.2 Å². The minimum atomic E-state index is -0.105. The summed E-state index contributed by atoms with van der Waals surface area (Å²) >= 11 is 1.65. The molecule has 4 rings (SSSR count). The lowest BCUT2D eigenvalue weighted by molar-refractivity contribution is -0.126. The van der Waals surface area contributed by atoms with E-state index < -0.39 is 0 Å². The van der Waals surface area contributed by atoms with Crippen LogP contribution in [-0.2, 0) is 11.2 Å². The summed E-state index contributed by atoms with van der Waals surface area (Å²) in [6.07, 6.45) is 2.17. The molecule has 0 unspecified atom stereocenters. The van der Waals surface area contributed by atoms with E-state index in [4.69, 9.17) is 0 Å². The van der Waals surface area contributed by atoms with Crippen LogP contribution in [0.2, 0.25) is 0 Å². The van der Waals surface area contributed by atoms with Gasteiger partial charge in [-0.15, -0.1) is 11.3 Å². The Bertz CT molecular complexity index is 1040. The van der Waals surface area contributed by atoms with E-state index in [9.17, 15) is 9.59 Å². The highest BCUT2D eigenvalue weighted by atomic mass is 32.1. The second kappa shape index (κ2) is 10.4. The zero-order chi connectivity index (χ0) is 22.3. The summed E-state index contributed by atoms with van der Waals surface area (Å²) in [5.41, 5.74) is 4.10. The van der Waals surface area contributed by atoms with Crippen LogP contribution in [0.5, 0.6) is 0 Å². The fourth-order valence-electron chi connectivity index (χ4n) is 3.88. The second-order valence-electron chi connectivity index (χ2n) is 8.05. The van der Waals surface area contributed by atoms with Crippen molar-refractivity contribution in [3.05, 3.63) is 70.5 Å². The number of likely N-dealkylation sites (tertiary alicyclic amines) is 1. The number of hydrogen-bond donors (Lipinski definition) is 2. The first-order chi connectivity index (χ1) is 15.6. The van der Waals surface area contributed by atoms with E-state index in [-0.39, 0.29) is 17.9 Å². The van der Waals surface area contributed by atoms with Gasteiger partial charge in [0.1, 0.15) is 0 Å². The van der Waals surface area contributed by atoms with Gasteiger partial charge in [0.15, 0.2) is 0 Å². The van der Waals surface area contributed by atoms with Crippen molar-refractivity contribution in [3.63, 3.8) is 0 Å². The number of nitrogens with zero attached hydrogens (tertiary/aromatic N) is 2. The monoisotopic (exact) mass is 448 g/mol. The molecule has 2 aromatic carbocycles. The molecule has 0 spiro atoms. The quantitative estimate of drug-likeness (QED) is 0.573. The van der Waals surface area contributed by atoms with Gasteiger partial charge >= 0.3 is 6.03 Å². The summed E-state index contributed by atoms with van der Waals surface area (Å²) in [6, 6.07) is 17.7. The van der Waals surface area contributed by atoms with Crippen LogP contribution in [0.3, 0.4) is 0 Å². The summed E-state index contributed by atoms with van der Waals surface area (Å²) in [7, 11) is 0. The van der Waals surface area contributed by atoms with Crippen LogP contribution >= 0.6 is 11.3 Å². The van der Waals surface area contributed by atoms with Gasteiger partial charge in [-0.1, -0.05) is 42.5 Å². The molecule has 0 saturated carbocycles. The molecule has 3 amide bonds. The molecule has 1 aromatic heterocycles. The van der Waals surface area contributed by atoms with Crippen LogP contribution in [0.1, 0.15) is 23.4 Å². The van der Waals surface area contributed by atoms with Crippen molar-refractivity contribution in [1.29, 1.82) is 0 Å². The summed E-state index contributed by atoms with van der Waals surface area (Å²) in [5.74, 6) is 0.0498. The third-order valence-electron chi connectivity index (χ3n) is 5.76. The zero-order valence-corrected chi connectivity index (χ0v) is 19.0. The van der Waals surface area contributed by atoms with Crippen LogP contribution in [0, 0.1) is 12.8 Å². The summed E-state index contributed by atoms with van der Waals surface area (Å²) in [4.78, 5) is 31.3. The molecule has 1 aliphatic heterocycles. The van der Waals surface area contributed by atoms with Gasteiger partial charge in [-0.3, -0.25) is 4.79 Å². The van der Waals surface area contributed by atoms with Crippen LogP contribution < -0.4 is 10.6 Å². The van der Waals surface area contributed by atoms with Crippen molar-refractivity contribution in [2.75, 3.05) is 25.0 Å². The number of benzene rings is 2. The number of piperidine rings is 1. The molecule has 1 saturated heterocycles. The van der Waals surface area contributed by atoms with E-state index in [1.165, 1.54) is 5.56 Å². The summed E-state index contributed by atoms with van der Waals surface area (Å²) < 4.78 is 0. The van der Waals surface area contributed by atoms with Crippen LogP contribution in [0.25, 0.3) is 11.3 Å². The summed E-state index contributed by atoms with van der Waals surface area (Å²) in [6.45, 7) is 3.81. The van der Waals surface area contributed by atoms with Crippen LogP contribution in [0.4, 0.5) is 10.5 Å². The number of amides is 3. The number of anilines is 1. The molecule has 2 heterocycles. The fraction of sp³-hybridized carbons (Fsp3) is 0.320. The van der Waals surface area contributed by atoms with E-state index in [1.807, 2.05) is 37.3 Å². The van der Waals surface area contributed by atoms with E-state index >= 15 is 0 Å². The van der Waals surface area contributed by atoms with Crippen molar-refractivity contribution < 1.29 is 9.59 Å². The van der Waals surface area contributed by atoms with Crippen molar-refractivity contribution in [3.8, 4) is 11.3 Å². The van der Waals surface area contributed by atoms with E-state index in [1.54, 1.807) is 16.2 Å². The predicted molar refractivity (Wildman–Crippen MR) is 129 cm³/mol. The normalized spacial score (nSPS) is 14.2. The lowest BCUT2D eigenvalue weighted by Gasteiger charge is -2.31. The lowest BCUT2D eigenvalue weighted by atomic mass is 9.96. The molecule has 1 aliphatic rings. The molecule has 0 aliphatic carbocycles. The minimum absolute atomic E-state index is 0.0361. The molecule has 166 valence electrons. The number of aryl methyl sites for hydroxylation is 1. The molecule has 0 radical (unpaired) electrons. The minimum Gasteiger partial charge on any atom is -0.356 e. The average molecular weight is 449 g/mol. The third-order valence-corrected chi connectivity index (χ3v) is 6.53. The standard InChI is InChI=1S/C25H28N4O2S/c1-18-27-23(17-32-18)20-9-7-19(8-10-20)11-14-26-24(30)21-12-15-29(16-13-21)25(31)28-22-5-3-2-4-6-22/h2-10,17,21H,11-16H2,1H3,(H,26,30)(H,28,31). The molecule has 0 bridgehead atoms. The number of nitrogens with one attached hydrogen (secondary N) is 2. The Morgan fingerprint density at radius 1 is 1.06 bits per heavy atom. The van der Waals surface area contributed by atoms with Gasteiger partial charge in [0.05, 0.1) is 10.7 Å². The topological polar surface area (TPSA) is 74.3 Å². The number of carbonyl (C=O) groups excluding carboxylic acids is 2. The van der Waals surface area contributed by atoms with Gasteiger partial charge in [-0.25, -0.2) is 9.78 Å². The lowest BCUT2D eigenvalue weighted by Crippen LogP contribution is -2.44. The van der Waals surface area contributed by atoms with E-state index in [0.717, 1.165) is 28.4 Å². The van der Waals surface area contributed by atoms with Gasteiger partial charge in [-0.05, 0) is 43.9 Å². The Kier molecular flexibility index (Phi) is 7.17. The predicted octanol–water partition coefficient (Wildman–Crippen LogP) is 4.72. The first-order valence-corrected chi connectivity index (χ1v) is 11.9. The maximum Gasteiger partial charge on any atom is 0.321 e. The molecule has 2 N–H and O–H groups in total. The number of carbonyl (C=O) groups is 2. The van der Waals surface area contributed by atoms with Crippen LogP contribution in [-0.4, -0.2) is 41.5 Å². The second-order valence-corrected chi connectivity index (χ2v) is 9.11. The number of urea groups is 1. The molecule has 1 fully saturated rings. The largest absolute Gasteiger partial charge is 0.356 e. The Hall–Kier alpha value is -3.19. The first-order valence-electron chi connectivity index (χ1n) is 11.0. The Balaban J connectivity index is 1.18. The number of para-hydroxylation sites is 1. The molecule has 32 heavy (non-hydrogen) atoms. The van der Waals surface area contributed by atoms with Gasteiger partial charge < -0.3 is 15.5 Å². The number of aromatic nitrogens is 1. The Morgan fingerprint density at radius 2 is 1.78 bits per heavy atom. The highest BCUT2D eigenvalue weighted by Gasteiger charge is 2.27. The van der Waals surface area contributed by atoms with Crippen molar-refractivity contribution >= 4 is 29.0 Å². The van der Waals surface area contributed by atoms with E-state index in [2.05, 4.69) is 45.3 Å². The highest BCUT2D eigenvalue weighted by molar-refractivity contribution is 7.09. The van der Waals surface area contributed by atoms with Gasteiger partial charge in [0.25, 0.3) is 0 Å². The molecule has 6 nitrogen and oxygen atoms in total. The van der Waals surface area contributed by atoms with Crippen molar-refractivity contribution in [1.82, 2.24) is 15.2 Å². The third kappa shape index (κ3) is 5.73. The van der Waals surface area contributed by atoms with E-state index in [0.29, 0.717) is 32.5 Å². The smallest absolute Gasteiger partial charge is 0.321 e. The Morgan fingerprint density at radius 3 is 2.44 bits per heavy atom. The fourth-order valence-corrected chi connectivity index (χ4v) is 4.50.